The molecular formula is C18H27N5O3S2. The van der Waals surface area contributed by atoms with Crippen molar-refractivity contribution in [3.05, 3.63) is 41.7 Å². The third-order valence-electron chi connectivity index (χ3n) is 4.61. The van der Waals surface area contributed by atoms with Crippen molar-refractivity contribution < 1.29 is 12.8 Å². The zero-order valence-electron chi connectivity index (χ0n) is 15.9. The minimum absolute atomic E-state index is 0.147. The van der Waals surface area contributed by atoms with Gasteiger partial charge < -0.3 is 15.1 Å². The molecule has 3 heterocycles. The number of thiophene rings is 1. The monoisotopic (exact) mass is 425 g/mol. The maximum Gasteiger partial charge on any atom is 0.250 e. The molecular weight excluding hydrogens is 398 g/mol. The molecule has 2 aromatic rings. The van der Waals surface area contributed by atoms with Gasteiger partial charge in [0.25, 0.3) is 0 Å². The number of nitrogens with one attached hydrogen (secondary N) is 3. The van der Waals surface area contributed by atoms with Crippen LogP contribution in [0.5, 0.6) is 0 Å². The Hall–Kier alpha value is -1.88. The molecule has 0 aromatic carbocycles. The first-order valence-electron chi connectivity index (χ1n) is 9.35. The van der Waals surface area contributed by atoms with Gasteiger partial charge in [-0.15, -0.1) is 11.3 Å². The largest absolute Gasteiger partial charge is 0.468 e. The van der Waals surface area contributed by atoms with E-state index in [1.165, 1.54) is 24.2 Å². The maximum absolute atomic E-state index is 12.1. The lowest BCUT2D eigenvalue weighted by Crippen LogP contribution is -2.44. The van der Waals surface area contributed by atoms with Crippen LogP contribution in [0, 0.1) is 0 Å². The second-order valence-corrected chi connectivity index (χ2v) is 9.43. The quantitative estimate of drug-likeness (QED) is 0.321. The fourth-order valence-electron chi connectivity index (χ4n) is 3.21. The molecule has 154 valence electrons. The summed E-state index contributed by atoms with van der Waals surface area (Å²) in [5.41, 5.74) is 0. The van der Waals surface area contributed by atoms with Crippen LogP contribution in [0.2, 0.25) is 0 Å². The lowest BCUT2D eigenvalue weighted by Gasteiger charge is -2.26. The Labute approximate surface area is 170 Å². The first kappa shape index (κ1) is 20.8. The molecule has 3 N–H and O–H groups in total. The minimum Gasteiger partial charge on any atom is -0.468 e. The Kier molecular flexibility index (Phi) is 7.49. The average molecular weight is 426 g/mol. The molecule has 0 bridgehead atoms. The highest BCUT2D eigenvalue weighted by atomic mass is 32.2. The Morgan fingerprint density at radius 1 is 1.25 bits per heavy atom. The van der Waals surface area contributed by atoms with Crippen LogP contribution in [0.15, 0.2) is 49.5 Å². The first-order valence-corrected chi connectivity index (χ1v) is 11.7. The lowest BCUT2D eigenvalue weighted by molar-refractivity contribution is 0.215. The van der Waals surface area contributed by atoms with E-state index in [2.05, 4.69) is 25.2 Å². The second kappa shape index (κ2) is 10.1. The van der Waals surface area contributed by atoms with Crippen LogP contribution < -0.4 is 15.4 Å². The van der Waals surface area contributed by atoms with E-state index in [1.807, 2.05) is 12.1 Å². The van der Waals surface area contributed by atoms with Crippen molar-refractivity contribution in [2.75, 3.05) is 39.8 Å². The van der Waals surface area contributed by atoms with Gasteiger partial charge in [0.1, 0.15) is 9.97 Å². The first-order chi connectivity index (χ1) is 13.6. The Morgan fingerprint density at radius 3 is 2.71 bits per heavy atom. The minimum atomic E-state index is -3.44. The molecule has 1 aliphatic heterocycles. The maximum atomic E-state index is 12.1. The number of rotatable bonds is 9. The molecule has 0 radical (unpaired) electrons. The Bertz CT molecular complexity index is 829. The summed E-state index contributed by atoms with van der Waals surface area (Å²) in [6.07, 6.45) is 4.11. The topological polar surface area (TPSA) is 99.0 Å². The zero-order valence-corrected chi connectivity index (χ0v) is 17.6. The summed E-state index contributed by atoms with van der Waals surface area (Å²) < 4.78 is 32.8. The molecule has 3 rings (SSSR count). The molecule has 8 nitrogen and oxygen atoms in total. The number of aliphatic imine (C=N–C) groups is 1. The van der Waals surface area contributed by atoms with Gasteiger partial charge in [-0.1, -0.05) is 6.07 Å². The van der Waals surface area contributed by atoms with Crippen LogP contribution in [-0.4, -0.2) is 59.0 Å². The molecule has 0 amide bonds. The highest BCUT2D eigenvalue weighted by Crippen LogP contribution is 2.24. The molecule has 1 fully saturated rings. The van der Waals surface area contributed by atoms with E-state index in [4.69, 9.17) is 4.42 Å². The molecule has 1 unspecified atom stereocenters. The number of guanidine groups is 1. The van der Waals surface area contributed by atoms with E-state index in [9.17, 15) is 8.42 Å². The second-order valence-electron chi connectivity index (χ2n) is 6.48. The summed E-state index contributed by atoms with van der Waals surface area (Å²) in [4.78, 5) is 6.63. The van der Waals surface area contributed by atoms with Gasteiger partial charge in [-0.05, 0) is 49.5 Å². The summed E-state index contributed by atoms with van der Waals surface area (Å²) >= 11 is 1.20. The van der Waals surface area contributed by atoms with Gasteiger partial charge in [0.05, 0.1) is 12.3 Å². The van der Waals surface area contributed by atoms with Crippen LogP contribution in [0.4, 0.5) is 0 Å². The van der Waals surface area contributed by atoms with Crippen LogP contribution >= 0.6 is 11.3 Å². The molecule has 2 aromatic heterocycles. The van der Waals surface area contributed by atoms with Gasteiger partial charge in [0.2, 0.25) is 10.0 Å². The van der Waals surface area contributed by atoms with E-state index < -0.39 is 10.0 Å². The van der Waals surface area contributed by atoms with Crippen molar-refractivity contribution in [1.82, 2.24) is 20.3 Å². The van der Waals surface area contributed by atoms with E-state index in [0.29, 0.717) is 23.3 Å². The molecule has 10 heteroatoms. The predicted molar refractivity (Wildman–Crippen MR) is 111 cm³/mol. The van der Waals surface area contributed by atoms with Crippen molar-refractivity contribution >= 4 is 27.3 Å². The molecule has 0 saturated carbocycles. The SMILES string of the molecule is CN=C(NCCNS(=O)(=O)c1cccs1)NCC(c1ccco1)N1CCCC1. The smallest absolute Gasteiger partial charge is 0.250 e. The van der Waals surface area contributed by atoms with Gasteiger partial charge in [0, 0.05) is 26.7 Å². The molecule has 1 saturated heterocycles. The van der Waals surface area contributed by atoms with Crippen LogP contribution in [-0.2, 0) is 10.0 Å². The van der Waals surface area contributed by atoms with E-state index in [1.54, 1.807) is 30.8 Å². The van der Waals surface area contributed by atoms with Crippen LogP contribution in [0.3, 0.4) is 0 Å². The number of hydrogen-bond acceptors (Lipinski definition) is 6. The van der Waals surface area contributed by atoms with E-state index in [0.717, 1.165) is 18.8 Å². The average Bonchev–Trinajstić information content (AvgIpc) is 3.46. The number of furan rings is 1. The van der Waals surface area contributed by atoms with Gasteiger partial charge in [-0.25, -0.2) is 13.1 Å². The molecule has 0 aliphatic carbocycles. The molecule has 1 atom stereocenters. The van der Waals surface area contributed by atoms with E-state index in [-0.39, 0.29) is 12.6 Å². The van der Waals surface area contributed by atoms with Crippen molar-refractivity contribution in [2.45, 2.75) is 23.1 Å². The summed E-state index contributed by atoms with van der Waals surface area (Å²) in [5.74, 6) is 1.57. The summed E-state index contributed by atoms with van der Waals surface area (Å²) in [6, 6.07) is 7.37. The van der Waals surface area contributed by atoms with Gasteiger partial charge in [-0.3, -0.25) is 9.89 Å². The summed E-state index contributed by atoms with van der Waals surface area (Å²) in [5, 5.41) is 8.21. The zero-order chi connectivity index (χ0) is 19.8. The number of likely N-dealkylation sites (tertiary alicyclic amines) is 1. The molecule has 28 heavy (non-hydrogen) atoms. The third kappa shape index (κ3) is 5.57. The summed E-state index contributed by atoms with van der Waals surface area (Å²) in [6.45, 7) is 3.48. The Morgan fingerprint density at radius 2 is 2.07 bits per heavy atom. The molecule has 1 aliphatic rings. The van der Waals surface area contributed by atoms with Crippen molar-refractivity contribution in [1.29, 1.82) is 0 Å². The summed E-state index contributed by atoms with van der Waals surface area (Å²) in [7, 11) is -1.74. The van der Waals surface area contributed by atoms with Gasteiger partial charge in [-0.2, -0.15) is 0 Å². The Balaban J connectivity index is 1.46. The fourth-order valence-corrected chi connectivity index (χ4v) is 5.28. The number of hydrogen-bond donors (Lipinski definition) is 3. The lowest BCUT2D eigenvalue weighted by atomic mass is 10.2. The van der Waals surface area contributed by atoms with Crippen molar-refractivity contribution in [3.63, 3.8) is 0 Å². The third-order valence-corrected chi connectivity index (χ3v) is 7.47. The predicted octanol–water partition coefficient (Wildman–Crippen LogP) is 1.62. The van der Waals surface area contributed by atoms with Crippen LogP contribution in [0.1, 0.15) is 24.6 Å². The molecule has 0 spiro atoms. The van der Waals surface area contributed by atoms with E-state index >= 15 is 0 Å². The fraction of sp³-hybridized carbons (Fsp3) is 0.500. The van der Waals surface area contributed by atoms with Gasteiger partial charge >= 0.3 is 0 Å². The highest BCUT2D eigenvalue weighted by Gasteiger charge is 2.25. The normalized spacial score (nSPS) is 17.0. The number of nitrogens with zero attached hydrogens (tertiary/aromatic N) is 2. The standard InChI is InChI=1S/C18H27N5O3S2/c1-19-18(20-8-9-22-28(24,25)17-7-5-13-27-17)21-14-15(16-6-4-12-26-16)23-10-2-3-11-23/h4-7,12-13,15,22H,2-3,8-11,14H2,1H3,(H2,19,20,21). The van der Waals surface area contributed by atoms with Crippen molar-refractivity contribution in [3.8, 4) is 0 Å². The van der Waals surface area contributed by atoms with Crippen molar-refractivity contribution in [2.24, 2.45) is 4.99 Å². The number of sulfonamides is 1. The highest BCUT2D eigenvalue weighted by molar-refractivity contribution is 7.91. The van der Waals surface area contributed by atoms with Gasteiger partial charge in [0.15, 0.2) is 5.96 Å². The van der Waals surface area contributed by atoms with Crippen LogP contribution in [0.25, 0.3) is 0 Å².